The van der Waals surface area contributed by atoms with Crippen LogP contribution < -0.4 is 10.6 Å². The van der Waals surface area contributed by atoms with Gasteiger partial charge in [0.05, 0.1) is 6.54 Å². The zero-order chi connectivity index (χ0) is 11.3. The number of likely N-dealkylation sites (tertiary alicyclic amines) is 1. The van der Waals surface area contributed by atoms with Gasteiger partial charge in [-0.15, -0.1) is 0 Å². The number of nitrogens with zero attached hydrogens (tertiary/aromatic N) is 1. The van der Waals surface area contributed by atoms with Gasteiger partial charge >= 0.3 is 0 Å². The van der Waals surface area contributed by atoms with Crippen LogP contribution in [0.25, 0.3) is 0 Å². The van der Waals surface area contributed by atoms with Gasteiger partial charge in [0.2, 0.25) is 5.91 Å². The largest absolute Gasteiger partial charge is 0.353 e. The van der Waals surface area contributed by atoms with E-state index in [0.717, 1.165) is 6.54 Å². The molecule has 0 radical (unpaired) electrons. The standard InChI is InChI=1S/C11H23N3O/c1-9(2)13-11(15)7-12-10-5-4-6-14(3)8-10/h9-10,12H,4-8H2,1-3H3,(H,13,15). The third kappa shape index (κ3) is 5.14. The molecule has 1 rings (SSSR count). The molecule has 1 atom stereocenters. The van der Waals surface area contributed by atoms with E-state index in [-0.39, 0.29) is 11.9 Å². The van der Waals surface area contributed by atoms with Crippen molar-refractivity contribution in [3.63, 3.8) is 0 Å². The minimum Gasteiger partial charge on any atom is -0.353 e. The lowest BCUT2D eigenvalue weighted by Gasteiger charge is -2.30. The smallest absolute Gasteiger partial charge is 0.234 e. The summed E-state index contributed by atoms with van der Waals surface area (Å²) >= 11 is 0. The SMILES string of the molecule is CC(C)NC(=O)CNC1CCCN(C)C1. The maximum Gasteiger partial charge on any atom is 0.234 e. The van der Waals surface area contributed by atoms with Gasteiger partial charge in [-0.2, -0.15) is 0 Å². The first-order valence-corrected chi connectivity index (χ1v) is 5.79. The Morgan fingerprint density at radius 1 is 1.53 bits per heavy atom. The van der Waals surface area contributed by atoms with Crippen molar-refractivity contribution in [2.24, 2.45) is 0 Å². The molecule has 1 heterocycles. The zero-order valence-corrected chi connectivity index (χ0v) is 10.0. The minimum atomic E-state index is 0.0956. The van der Waals surface area contributed by atoms with Crippen LogP contribution in [-0.2, 0) is 4.79 Å². The first-order chi connectivity index (χ1) is 7.08. The summed E-state index contributed by atoms with van der Waals surface area (Å²) in [6.45, 7) is 6.63. The van der Waals surface area contributed by atoms with Gasteiger partial charge in [-0.1, -0.05) is 0 Å². The van der Waals surface area contributed by atoms with E-state index < -0.39 is 0 Å². The van der Waals surface area contributed by atoms with E-state index in [1.807, 2.05) is 13.8 Å². The van der Waals surface area contributed by atoms with E-state index in [1.54, 1.807) is 0 Å². The van der Waals surface area contributed by atoms with Crippen LogP contribution >= 0.6 is 0 Å². The molecule has 1 amide bonds. The van der Waals surface area contributed by atoms with Crippen molar-refractivity contribution >= 4 is 5.91 Å². The second-order valence-electron chi connectivity index (χ2n) is 4.70. The van der Waals surface area contributed by atoms with E-state index in [4.69, 9.17) is 0 Å². The van der Waals surface area contributed by atoms with Crippen LogP contribution in [0.1, 0.15) is 26.7 Å². The van der Waals surface area contributed by atoms with Crippen LogP contribution in [0.15, 0.2) is 0 Å². The second-order valence-corrected chi connectivity index (χ2v) is 4.70. The fraction of sp³-hybridized carbons (Fsp3) is 0.909. The molecule has 0 aromatic heterocycles. The fourth-order valence-corrected chi connectivity index (χ4v) is 1.94. The number of hydrogen-bond acceptors (Lipinski definition) is 3. The number of amides is 1. The summed E-state index contributed by atoms with van der Waals surface area (Å²) in [6.07, 6.45) is 2.40. The lowest BCUT2D eigenvalue weighted by molar-refractivity contribution is -0.120. The van der Waals surface area contributed by atoms with E-state index in [0.29, 0.717) is 12.6 Å². The predicted octanol–water partition coefficient (Wildman–Crippen LogP) is 0.195. The van der Waals surface area contributed by atoms with E-state index in [9.17, 15) is 4.79 Å². The van der Waals surface area contributed by atoms with Crippen molar-refractivity contribution in [1.29, 1.82) is 0 Å². The van der Waals surface area contributed by atoms with Crippen molar-refractivity contribution < 1.29 is 4.79 Å². The Labute approximate surface area is 92.4 Å². The van der Waals surface area contributed by atoms with Gasteiger partial charge in [-0.05, 0) is 40.3 Å². The van der Waals surface area contributed by atoms with Gasteiger partial charge in [-0.3, -0.25) is 4.79 Å². The van der Waals surface area contributed by atoms with Crippen molar-refractivity contribution in [2.75, 3.05) is 26.7 Å². The Balaban J connectivity index is 2.16. The predicted molar refractivity (Wildman–Crippen MR) is 61.8 cm³/mol. The van der Waals surface area contributed by atoms with Gasteiger partial charge < -0.3 is 15.5 Å². The summed E-state index contributed by atoms with van der Waals surface area (Å²) in [7, 11) is 2.13. The Hall–Kier alpha value is -0.610. The minimum absolute atomic E-state index is 0.0956. The van der Waals surface area contributed by atoms with E-state index >= 15 is 0 Å². The van der Waals surface area contributed by atoms with Crippen molar-refractivity contribution in [3.05, 3.63) is 0 Å². The highest BCUT2D eigenvalue weighted by Gasteiger charge is 2.17. The molecule has 0 aromatic rings. The maximum atomic E-state index is 11.4. The Kier molecular flexibility index (Phi) is 5.05. The molecule has 88 valence electrons. The summed E-state index contributed by atoms with van der Waals surface area (Å²) in [5.41, 5.74) is 0. The highest BCUT2D eigenvalue weighted by Crippen LogP contribution is 2.07. The van der Waals surface area contributed by atoms with Gasteiger partial charge in [0, 0.05) is 18.6 Å². The summed E-state index contributed by atoms with van der Waals surface area (Å²) in [4.78, 5) is 13.7. The maximum absolute atomic E-state index is 11.4. The molecule has 4 nitrogen and oxygen atoms in total. The summed E-state index contributed by atoms with van der Waals surface area (Å²) in [6, 6.07) is 0.704. The van der Waals surface area contributed by atoms with Crippen molar-refractivity contribution in [2.45, 2.75) is 38.8 Å². The third-order valence-electron chi connectivity index (χ3n) is 2.63. The summed E-state index contributed by atoms with van der Waals surface area (Å²) < 4.78 is 0. The quantitative estimate of drug-likeness (QED) is 0.701. The molecule has 0 aromatic carbocycles. The van der Waals surface area contributed by atoms with E-state index in [1.165, 1.54) is 19.4 Å². The Morgan fingerprint density at radius 2 is 2.27 bits per heavy atom. The molecular weight excluding hydrogens is 190 g/mol. The molecule has 1 aliphatic rings. The molecule has 4 heteroatoms. The number of hydrogen-bond donors (Lipinski definition) is 2. The van der Waals surface area contributed by atoms with Crippen LogP contribution in [0.3, 0.4) is 0 Å². The first-order valence-electron chi connectivity index (χ1n) is 5.79. The number of nitrogens with one attached hydrogen (secondary N) is 2. The number of piperidine rings is 1. The third-order valence-corrected chi connectivity index (χ3v) is 2.63. The zero-order valence-electron chi connectivity index (χ0n) is 10.0. The number of likely N-dealkylation sites (N-methyl/N-ethyl adjacent to an activating group) is 1. The van der Waals surface area contributed by atoms with Gasteiger partial charge in [0.25, 0.3) is 0 Å². The molecule has 1 fully saturated rings. The van der Waals surface area contributed by atoms with Crippen LogP contribution in [0.4, 0.5) is 0 Å². The molecule has 1 aliphatic heterocycles. The molecule has 1 saturated heterocycles. The average Bonchev–Trinajstić information content (AvgIpc) is 2.14. The topological polar surface area (TPSA) is 44.4 Å². The molecule has 0 aliphatic carbocycles. The highest BCUT2D eigenvalue weighted by atomic mass is 16.1. The normalized spacial score (nSPS) is 23.1. The highest BCUT2D eigenvalue weighted by molar-refractivity contribution is 5.78. The molecule has 2 N–H and O–H groups in total. The van der Waals surface area contributed by atoms with Gasteiger partial charge in [0.1, 0.15) is 0 Å². The summed E-state index contributed by atoms with van der Waals surface area (Å²) in [5, 5.41) is 6.18. The number of carbonyl (C=O) groups is 1. The summed E-state index contributed by atoms with van der Waals surface area (Å²) in [5.74, 6) is 0.0956. The Morgan fingerprint density at radius 3 is 2.87 bits per heavy atom. The second kappa shape index (κ2) is 6.08. The van der Waals surface area contributed by atoms with Crippen LogP contribution in [-0.4, -0.2) is 49.6 Å². The molecule has 0 spiro atoms. The van der Waals surface area contributed by atoms with Crippen LogP contribution in [0, 0.1) is 0 Å². The number of rotatable bonds is 4. The Bertz CT molecular complexity index is 206. The van der Waals surface area contributed by atoms with E-state index in [2.05, 4.69) is 22.6 Å². The number of carbonyl (C=O) groups excluding carboxylic acids is 1. The monoisotopic (exact) mass is 213 g/mol. The lowest BCUT2D eigenvalue weighted by Crippen LogP contribution is -2.47. The molecular formula is C11H23N3O. The van der Waals surface area contributed by atoms with Crippen LogP contribution in [0.2, 0.25) is 0 Å². The molecule has 0 bridgehead atoms. The average molecular weight is 213 g/mol. The van der Waals surface area contributed by atoms with Crippen molar-refractivity contribution in [1.82, 2.24) is 15.5 Å². The first kappa shape index (κ1) is 12.5. The molecule has 1 unspecified atom stereocenters. The lowest BCUT2D eigenvalue weighted by atomic mass is 10.1. The van der Waals surface area contributed by atoms with Crippen molar-refractivity contribution in [3.8, 4) is 0 Å². The van der Waals surface area contributed by atoms with Gasteiger partial charge in [-0.25, -0.2) is 0 Å². The fourth-order valence-electron chi connectivity index (χ4n) is 1.94. The molecule has 15 heavy (non-hydrogen) atoms. The molecule has 0 saturated carbocycles. The van der Waals surface area contributed by atoms with Crippen LogP contribution in [0.5, 0.6) is 0 Å². The van der Waals surface area contributed by atoms with Gasteiger partial charge in [0.15, 0.2) is 0 Å².